The maximum Gasteiger partial charge on any atom is 0.326 e. The van der Waals surface area contributed by atoms with Crippen LogP contribution in [0.2, 0.25) is 0 Å². The fourth-order valence-corrected chi connectivity index (χ4v) is 1.71. The molecule has 1 fully saturated rings. The van der Waals surface area contributed by atoms with Crippen molar-refractivity contribution in [3.8, 4) is 0 Å². The smallest absolute Gasteiger partial charge is 0.326 e. The fourth-order valence-electron chi connectivity index (χ4n) is 1.71. The zero-order valence-electron chi connectivity index (χ0n) is 9.19. The summed E-state index contributed by atoms with van der Waals surface area (Å²) in [5, 5.41) is 12.0. The van der Waals surface area contributed by atoms with Crippen molar-refractivity contribution < 1.29 is 14.7 Å². The van der Waals surface area contributed by atoms with Crippen LogP contribution < -0.4 is 5.32 Å². The SMILES string of the molecule is C[C@@H](C(=O)O)N(C)C(=O)C1CCNCC1. The van der Waals surface area contributed by atoms with Crippen LogP contribution >= 0.6 is 0 Å². The average molecular weight is 214 g/mol. The normalized spacial score (nSPS) is 19.6. The Morgan fingerprint density at radius 2 is 1.93 bits per heavy atom. The molecule has 0 bridgehead atoms. The number of rotatable bonds is 3. The van der Waals surface area contributed by atoms with E-state index in [0.29, 0.717) is 0 Å². The van der Waals surface area contributed by atoms with E-state index in [9.17, 15) is 9.59 Å². The van der Waals surface area contributed by atoms with Crippen molar-refractivity contribution in [3.63, 3.8) is 0 Å². The molecule has 5 heteroatoms. The first-order valence-electron chi connectivity index (χ1n) is 5.24. The van der Waals surface area contributed by atoms with E-state index in [-0.39, 0.29) is 11.8 Å². The van der Waals surface area contributed by atoms with E-state index in [0.717, 1.165) is 25.9 Å². The van der Waals surface area contributed by atoms with Gasteiger partial charge < -0.3 is 15.3 Å². The number of likely N-dealkylation sites (N-methyl/N-ethyl adjacent to an activating group) is 1. The highest BCUT2D eigenvalue weighted by Gasteiger charge is 2.28. The van der Waals surface area contributed by atoms with Gasteiger partial charge >= 0.3 is 5.97 Å². The minimum absolute atomic E-state index is 0.0157. The number of aliphatic carboxylic acids is 1. The summed E-state index contributed by atoms with van der Waals surface area (Å²) in [6, 6.07) is -0.743. The van der Waals surface area contributed by atoms with E-state index in [1.807, 2.05) is 0 Å². The zero-order valence-corrected chi connectivity index (χ0v) is 9.19. The highest BCUT2D eigenvalue weighted by atomic mass is 16.4. The number of carboxylic acids is 1. The molecule has 0 spiro atoms. The molecule has 2 N–H and O–H groups in total. The molecule has 86 valence electrons. The monoisotopic (exact) mass is 214 g/mol. The standard InChI is InChI=1S/C10H18N2O3/c1-7(10(14)15)12(2)9(13)8-3-5-11-6-4-8/h7-8,11H,3-6H2,1-2H3,(H,14,15)/t7-/m0/s1. The van der Waals surface area contributed by atoms with Crippen LogP contribution in [0.4, 0.5) is 0 Å². The van der Waals surface area contributed by atoms with Gasteiger partial charge in [0, 0.05) is 13.0 Å². The lowest BCUT2D eigenvalue weighted by molar-refractivity contribution is -0.150. The first-order chi connectivity index (χ1) is 7.04. The van der Waals surface area contributed by atoms with Gasteiger partial charge in [0.05, 0.1) is 0 Å². The molecule has 0 aromatic heterocycles. The molecular weight excluding hydrogens is 196 g/mol. The van der Waals surface area contributed by atoms with Crippen LogP contribution in [-0.2, 0) is 9.59 Å². The first kappa shape index (κ1) is 12.0. The third-order valence-corrected chi connectivity index (χ3v) is 2.97. The number of amides is 1. The minimum Gasteiger partial charge on any atom is -0.480 e. The third-order valence-electron chi connectivity index (χ3n) is 2.97. The summed E-state index contributed by atoms with van der Waals surface area (Å²) in [5.74, 6) is -1.02. The van der Waals surface area contributed by atoms with Crippen molar-refractivity contribution in [2.75, 3.05) is 20.1 Å². The van der Waals surface area contributed by atoms with Crippen LogP contribution in [-0.4, -0.2) is 48.1 Å². The summed E-state index contributed by atoms with van der Waals surface area (Å²) in [6.07, 6.45) is 1.60. The Morgan fingerprint density at radius 3 is 2.40 bits per heavy atom. The average Bonchev–Trinajstić information content (AvgIpc) is 2.27. The van der Waals surface area contributed by atoms with Gasteiger partial charge in [-0.1, -0.05) is 0 Å². The Labute approximate surface area is 89.4 Å². The highest BCUT2D eigenvalue weighted by molar-refractivity contribution is 5.84. The molecule has 1 amide bonds. The second-order valence-corrected chi connectivity index (χ2v) is 3.99. The van der Waals surface area contributed by atoms with Gasteiger partial charge in [0.2, 0.25) is 5.91 Å². The van der Waals surface area contributed by atoms with Crippen molar-refractivity contribution in [2.45, 2.75) is 25.8 Å². The molecular formula is C10H18N2O3. The summed E-state index contributed by atoms with van der Waals surface area (Å²) in [5.41, 5.74) is 0. The van der Waals surface area contributed by atoms with E-state index in [2.05, 4.69) is 5.32 Å². The lowest BCUT2D eigenvalue weighted by Crippen LogP contribution is -2.45. The Hall–Kier alpha value is -1.10. The molecule has 0 aliphatic carbocycles. The van der Waals surface area contributed by atoms with Crippen LogP contribution in [0.3, 0.4) is 0 Å². The van der Waals surface area contributed by atoms with Gasteiger partial charge in [-0.3, -0.25) is 4.79 Å². The molecule has 0 aromatic rings. The molecule has 0 unspecified atom stereocenters. The number of carbonyl (C=O) groups is 2. The molecule has 0 radical (unpaired) electrons. The van der Waals surface area contributed by atoms with Gasteiger partial charge in [0.1, 0.15) is 6.04 Å². The highest BCUT2D eigenvalue weighted by Crippen LogP contribution is 2.15. The molecule has 1 saturated heterocycles. The Bertz CT molecular complexity index is 249. The summed E-state index contributed by atoms with van der Waals surface area (Å²) < 4.78 is 0. The van der Waals surface area contributed by atoms with Crippen LogP contribution in [0.25, 0.3) is 0 Å². The molecule has 1 rings (SSSR count). The van der Waals surface area contributed by atoms with Gasteiger partial charge in [-0.2, -0.15) is 0 Å². The fraction of sp³-hybridized carbons (Fsp3) is 0.800. The minimum atomic E-state index is -0.959. The van der Waals surface area contributed by atoms with E-state index in [1.165, 1.54) is 11.8 Å². The molecule has 5 nitrogen and oxygen atoms in total. The van der Waals surface area contributed by atoms with E-state index in [1.54, 1.807) is 7.05 Å². The molecule has 15 heavy (non-hydrogen) atoms. The van der Waals surface area contributed by atoms with Crippen LogP contribution in [0, 0.1) is 5.92 Å². The van der Waals surface area contributed by atoms with Gasteiger partial charge in [0.25, 0.3) is 0 Å². The van der Waals surface area contributed by atoms with Crippen molar-refractivity contribution >= 4 is 11.9 Å². The lowest BCUT2D eigenvalue weighted by Gasteiger charge is -2.29. The summed E-state index contributed by atoms with van der Waals surface area (Å²) >= 11 is 0. The molecule has 1 atom stereocenters. The van der Waals surface area contributed by atoms with Crippen molar-refractivity contribution in [2.24, 2.45) is 5.92 Å². The predicted molar refractivity (Wildman–Crippen MR) is 55.5 cm³/mol. The Morgan fingerprint density at radius 1 is 1.40 bits per heavy atom. The molecule has 1 aliphatic heterocycles. The van der Waals surface area contributed by atoms with Crippen molar-refractivity contribution in [1.29, 1.82) is 0 Å². The van der Waals surface area contributed by atoms with Crippen molar-refractivity contribution in [3.05, 3.63) is 0 Å². The van der Waals surface area contributed by atoms with E-state index < -0.39 is 12.0 Å². The summed E-state index contributed by atoms with van der Waals surface area (Å²) in [6.45, 7) is 3.21. The summed E-state index contributed by atoms with van der Waals surface area (Å²) in [7, 11) is 1.56. The Kier molecular flexibility index (Phi) is 4.08. The van der Waals surface area contributed by atoms with E-state index in [4.69, 9.17) is 5.11 Å². The lowest BCUT2D eigenvalue weighted by atomic mass is 9.96. The zero-order chi connectivity index (χ0) is 11.4. The second-order valence-electron chi connectivity index (χ2n) is 3.99. The maximum atomic E-state index is 11.9. The van der Waals surface area contributed by atoms with Gasteiger partial charge in [-0.15, -0.1) is 0 Å². The third kappa shape index (κ3) is 2.92. The van der Waals surface area contributed by atoms with Crippen LogP contribution in [0.15, 0.2) is 0 Å². The largest absolute Gasteiger partial charge is 0.480 e. The number of hydrogen-bond donors (Lipinski definition) is 2. The second kappa shape index (κ2) is 5.11. The van der Waals surface area contributed by atoms with Crippen molar-refractivity contribution in [1.82, 2.24) is 10.2 Å². The molecule has 0 saturated carbocycles. The first-order valence-corrected chi connectivity index (χ1v) is 5.24. The predicted octanol–water partition coefficient (Wildman–Crippen LogP) is -0.0825. The quantitative estimate of drug-likeness (QED) is 0.689. The number of carbonyl (C=O) groups excluding carboxylic acids is 1. The van der Waals surface area contributed by atoms with Gasteiger partial charge in [0.15, 0.2) is 0 Å². The van der Waals surface area contributed by atoms with Crippen LogP contribution in [0.5, 0.6) is 0 Å². The number of nitrogens with zero attached hydrogens (tertiary/aromatic N) is 1. The van der Waals surface area contributed by atoms with E-state index >= 15 is 0 Å². The molecule has 1 aliphatic rings. The molecule has 1 heterocycles. The topological polar surface area (TPSA) is 69.6 Å². The number of hydrogen-bond acceptors (Lipinski definition) is 3. The molecule has 0 aromatic carbocycles. The maximum absolute atomic E-state index is 11.9. The van der Waals surface area contributed by atoms with Gasteiger partial charge in [-0.05, 0) is 32.9 Å². The summed E-state index contributed by atoms with van der Waals surface area (Å²) in [4.78, 5) is 23.9. The number of nitrogens with one attached hydrogen (secondary N) is 1. The number of carboxylic acid groups (broad SMARTS) is 1. The Balaban J connectivity index is 2.54. The van der Waals surface area contributed by atoms with Gasteiger partial charge in [-0.25, -0.2) is 4.79 Å². The van der Waals surface area contributed by atoms with Crippen LogP contribution in [0.1, 0.15) is 19.8 Å². The number of piperidine rings is 1.